The van der Waals surface area contributed by atoms with Crippen molar-refractivity contribution in [2.45, 2.75) is 25.3 Å². The molecule has 0 spiro atoms. The van der Waals surface area contributed by atoms with Gasteiger partial charge >= 0.3 is 6.03 Å². The van der Waals surface area contributed by atoms with Gasteiger partial charge in [-0.25, -0.2) is 4.79 Å². The maximum Gasteiger partial charge on any atom is 0.319 e. The molecule has 1 aliphatic rings. The minimum absolute atomic E-state index is 0.232. The van der Waals surface area contributed by atoms with Gasteiger partial charge in [0.05, 0.1) is 10.0 Å². The van der Waals surface area contributed by atoms with Crippen LogP contribution in [0.5, 0.6) is 0 Å². The molecule has 104 valence electrons. The Morgan fingerprint density at radius 1 is 1.21 bits per heavy atom. The number of halogens is 2. The van der Waals surface area contributed by atoms with E-state index in [4.69, 9.17) is 23.2 Å². The third-order valence-corrected chi connectivity index (χ3v) is 3.57. The second-order valence-electron chi connectivity index (χ2n) is 4.59. The van der Waals surface area contributed by atoms with E-state index in [2.05, 4.69) is 16.0 Å². The maximum absolute atomic E-state index is 11.6. The SMILES string of the molecule is O=C(NCCCNC1CC1)Nc1ccc(Cl)c(Cl)c1. The minimum atomic E-state index is -0.232. The Kier molecular flexibility index (Phi) is 5.31. The first kappa shape index (κ1) is 14.4. The van der Waals surface area contributed by atoms with Gasteiger partial charge in [-0.3, -0.25) is 0 Å². The zero-order chi connectivity index (χ0) is 13.7. The Bertz CT molecular complexity index is 450. The lowest BCUT2D eigenvalue weighted by molar-refractivity contribution is 0.252. The van der Waals surface area contributed by atoms with Gasteiger partial charge in [-0.1, -0.05) is 23.2 Å². The lowest BCUT2D eigenvalue weighted by Crippen LogP contribution is -2.31. The second kappa shape index (κ2) is 6.98. The van der Waals surface area contributed by atoms with Gasteiger partial charge < -0.3 is 16.0 Å². The molecule has 0 heterocycles. The van der Waals surface area contributed by atoms with Crippen molar-refractivity contribution in [2.75, 3.05) is 18.4 Å². The molecule has 1 fully saturated rings. The summed E-state index contributed by atoms with van der Waals surface area (Å²) in [7, 11) is 0. The summed E-state index contributed by atoms with van der Waals surface area (Å²) >= 11 is 11.7. The smallest absolute Gasteiger partial charge is 0.319 e. The summed E-state index contributed by atoms with van der Waals surface area (Å²) in [6, 6.07) is 5.47. The van der Waals surface area contributed by atoms with Crippen LogP contribution in [0.4, 0.5) is 10.5 Å². The first-order chi connectivity index (χ1) is 9.15. The van der Waals surface area contributed by atoms with Crippen molar-refractivity contribution in [1.29, 1.82) is 0 Å². The van der Waals surface area contributed by atoms with Crippen molar-refractivity contribution < 1.29 is 4.79 Å². The molecule has 0 radical (unpaired) electrons. The van der Waals surface area contributed by atoms with Gasteiger partial charge in [-0.05, 0) is 44.0 Å². The van der Waals surface area contributed by atoms with Crippen LogP contribution in [0.25, 0.3) is 0 Å². The fraction of sp³-hybridized carbons (Fsp3) is 0.462. The minimum Gasteiger partial charge on any atom is -0.338 e. The van der Waals surface area contributed by atoms with Gasteiger partial charge in [-0.15, -0.1) is 0 Å². The van der Waals surface area contributed by atoms with E-state index in [0.29, 0.717) is 28.3 Å². The number of amides is 2. The summed E-state index contributed by atoms with van der Waals surface area (Å²) in [5.74, 6) is 0. The first-order valence-corrected chi connectivity index (χ1v) is 7.14. The summed E-state index contributed by atoms with van der Waals surface area (Å²) in [5, 5.41) is 9.79. The Labute approximate surface area is 122 Å². The molecule has 0 atom stereocenters. The number of anilines is 1. The van der Waals surface area contributed by atoms with E-state index in [1.54, 1.807) is 18.2 Å². The molecule has 1 saturated carbocycles. The summed E-state index contributed by atoms with van der Waals surface area (Å²) in [6.45, 7) is 1.59. The molecule has 0 bridgehead atoms. The van der Waals surface area contributed by atoms with Gasteiger partial charge in [0.15, 0.2) is 0 Å². The number of benzene rings is 1. The summed E-state index contributed by atoms with van der Waals surface area (Å²) in [6.07, 6.45) is 3.49. The fourth-order valence-corrected chi connectivity index (χ4v) is 1.93. The fourth-order valence-electron chi connectivity index (χ4n) is 1.63. The van der Waals surface area contributed by atoms with E-state index >= 15 is 0 Å². The molecule has 6 heteroatoms. The molecule has 3 N–H and O–H groups in total. The number of rotatable bonds is 6. The number of hydrogen-bond acceptors (Lipinski definition) is 2. The molecule has 1 aromatic rings. The number of nitrogens with one attached hydrogen (secondary N) is 3. The summed E-state index contributed by atoms with van der Waals surface area (Å²) in [4.78, 5) is 11.6. The monoisotopic (exact) mass is 301 g/mol. The van der Waals surface area contributed by atoms with E-state index < -0.39 is 0 Å². The van der Waals surface area contributed by atoms with Crippen LogP contribution in [0.2, 0.25) is 10.0 Å². The highest BCUT2D eigenvalue weighted by Crippen LogP contribution is 2.24. The van der Waals surface area contributed by atoms with Crippen LogP contribution in [0.1, 0.15) is 19.3 Å². The average molecular weight is 302 g/mol. The maximum atomic E-state index is 11.6. The van der Waals surface area contributed by atoms with Crippen LogP contribution in [0.15, 0.2) is 18.2 Å². The Morgan fingerprint density at radius 3 is 2.68 bits per heavy atom. The van der Waals surface area contributed by atoms with E-state index in [0.717, 1.165) is 13.0 Å². The highest BCUT2D eigenvalue weighted by Gasteiger charge is 2.19. The molecule has 1 aliphatic carbocycles. The number of carbonyl (C=O) groups excluding carboxylic acids is 1. The molecule has 1 aromatic carbocycles. The van der Waals surface area contributed by atoms with Crippen molar-refractivity contribution in [3.8, 4) is 0 Å². The van der Waals surface area contributed by atoms with Crippen LogP contribution in [-0.4, -0.2) is 25.2 Å². The van der Waals surface area contributed by atoms with E-state index in [1.807, 2.05) is 0 Å². The highest BCUT2D eigenvalue weighted by atomic mass is 35.5. The molecule has 2 amide bonds. The third kappa shape index (κ3) is 5.27. The van der Waals surface area contributed by atoms with Crippen LogP contribution in [0, 0.1) is 0 Å². The van der Waals surface area contributed by atoms with Crippen LogP contribution in [0.3, 0.4) is 0 Å². The third-order valence-electron chi connectivity index (χ3n) is 2.83. The molecular formula is C13H17Cl2N3O. The predicted octanol–water partition coefficient (Wildman–Crippen LogP) is 3.26. The van der Waals surface area contributed by atoms with Gasteiger partial charge in [0.1, 0.15) is 0 Å². The highest BCUT2D eigenvalue weighted by molar-refractivity contribution is 6.42. The van der Waals surface area contributed by atoms with Gasteiger partial charge in [0, 0.05) is 18.3 Å². The Balaban J connectivity index is 1.63. The molecule has 0 unspecified atom stereocenters. The van der Waals surface area contributed by atoms with Crippen molar-refractivity contribution in [3.63, 3.8) is 0 Å². The van der Waals surface area contributed by atoms with Crippen LogP contribution in [-0.2, 0) is 0 Å². The molecule has 19 heavy (non-hydrogen) atoms. The Morgan fingerprint density at radius 2 is 2.00 bits per heavy atom. The van der Waals surface area contributed by atoms with E-state index in [9.17, 15) is 4.79 Å². The van der Waals surface area contributed by atoms with Crippen LogP contribution < -0.4 is 16.0 Å². The number of hydrogen-bond donors (Lipinski definition) is 3. The van der Waals surface area contributed by atoms with E-state index in [1.165, 1.54) is 12.8 Å². The number of urea groups is 1. The predicted molar refractivity (Wildman–Crippen MR) is 79.1 cm³/mol. The first-order valence-electron chi connectivity index (χ1n) is 6.38. The lowest BCUT2D eigenvalue weighted by atomic mass is 10.3. The van der Waals surface area contributed by atoms with Gasteiger partial charge in [0.2, 0.25) is 0 Å². The van der Waals surface area contributed by atoms with Crippen molar-refractivity contribution in [3.05, 3.63) is 28.2 Å². The number of carbonyl (C=O) groups is 1. The molecule has 0 aromatic heterocycles. The zero-order valence-corrected chi connectivity index (χ0v) is 12.0. The normalized spacial score (nSPS) is 14.2. The molecule has 0 saturated heterocycles. The van der Waals surface area contributed by atoms with Crippen LogP contribution >= 0.6 is 23.2 Å². The van der Waals surface area contributed by atoms with E-state index in [-0.39, 0.29) is 6.03 Å². The largest absolute Gasteiger partial charge is 0.338 e. The zero-order valence-electron chi connectivity index (χ0n) is 10.5. The van der Waals surface area contributed by atoms with Crippen molar-refractivity contribution >= 4 is 34.9 Å². The quantitative estimate of drug-likeness (QED) is 0.707. The summed E-state index contributed by atoms with van der Waals surface area (Å²) in [5.41, 5.74) is 0.628. The molecule has 2 rings (SSSR count). The molecular weight excluding hydrogens is 285 g/mol. The van der Waals surface area contributed by atoms with Gasteiger partial charge in [-0.2, -0.15) is 0 Å². The molecule has 0 aliphatic heterocycles. The van der Waals surface area contributed by atoms with Gasteiger partial charge in [0.25, 0.3) is 0 Å². The Hall–Kier alpha value is -0.970. The average Bonchev–Trinajstić information content (AvgIpc) is 3.17. The van der Waals surface area contributed by atoms with Crippen molar-refractivity contribution in [2.24, 2.45) is 0 Å². The van der Waals surface area contributed by atoms with Crippen molar-refractivity contribution in [1.82, 2.24) is 10.6 Å². The second-order valence-corrected chi connectivity index (χ2v) is 5.41. The standard InChI is InChI=1S/C13H17Cl2N3O/c14-11-5-4-10(8-12(11)15)18-13(19)17-7-1-6-16-9-2-3-9/h4-5,8-9,16H,1-3,6-7H2,(H2,17,18,19). The topological polar surface area (TPSA) is 53.2 Å². The lowest BCUT2D eigenvalue weighted by Gasteiger charge is -2.08. The summed E-state index contributed by atoms with van der Waals surface area (Å²) < 4.78 is 0. The molecule has 4 nitrogen and oxygen atoms in total.